The average Bonchev–Trinajstić information content (AvgIpc) is 3.33. The zero-order valence-electron chi connectivity index (χ0n) is 16.2. The summed E-state index contributed by atoms with van der Waals surface area (Å²) >= 11 is 0. The minimum Gasteiger partial charge on any atom is -0.492 e. The number of hydrogen-bond donors (Lipinski definition) is 1. The molecule has 1 aliphatic heterocycles. The van der Waals surface area contributed by atoms with Gasteiger partial charge in [-0.25, -0.2) is 0 Å². The van der Waals surface area contributed by atoms with Crippen LogP contribution in [-0.2, 0) is 4.79 Å². The number of aromatic nitrogens is 2. The highest BCUT2D eigenvalue weighted by molar-refractivity contribution is 5.79. The van der Waals surface area contributed by atoms with Gasteiger partial charge in [0.15, 0.2) is 11.6 Å². The summed E-state index contributed by atoms with van der Waals surface area (Å²) in [6.07, 6.45) is 3.22. The maximum absolute atomic E-state index is 12.4. The standard InChI is InChI=1S/C22H24N4O3/c27-22(23-12-16-28-18-5-2-1-3-6-18)17-10-13-26(14-11-17)21-9-8-19(24-25-21)20-7-4-15-29-20/h1-9,15,17H,10-14,16H2,(H,23,27). The number of carbonyl (C=O) groups excluding carboxylic acids is 1. The van der Waals surface area contributed by atoms with Crippen LogP contribution in [0.3, 0.4) is 0 Å². The maximum atomic E-state index is 12.4. The van der Waals surface area contributed by atoms with E-state index in [2.05, 4.69) is 20.4 Å². The van der Waals surface area contributed by atoms with Crippen LogP contribution in [0.15, 0.2) is 65.3 Å². The number of furan rings is 1. The third kappa shape index (κ3) is 4.93. The van der Waals surface area contributed by atoms with E-state index < -0.39 is 0 Å². The highest BCUT2D eigenvalue weighted by Gasteiger charge is 2.25. The lowest BCUT2D eigenvalue weighted by Gasteiger charge is -2.31. The van der Waals surface area contributed by atoms with Crippen LogP contribution >= 0.6 is 0 Å². The Hall–Kier alpha value is -3.35. The van der Waals surface area contributed by atoms with E-state index in [-0.39, 0.29) is 11.8 Å². The van der Waals surface area contributed by atoms with Gasteiger partial charge in [0.25, 0.3) is 0 Å². The van der Waals surface area contributed by atoms with Gasteiger partial charge < -0.3 is 19.4 Å². The topological polar surface area (TPSA) is 80.5 Å². The Morgan fingerprint density at radius 3 is 2.59 bits per heavy atom. The van der Waals surface area contributed by atoms with Crippen molar-refractivity contribution in [2.24, 2.45) is 5.92 Å². The van der Waals surface area contributed by atoms with Crippen LogP contribution in [0.1, 0.15) is 12.8 Å². The van der Waals surface area contributed by atoms with Gasteiger partial charge in [-0.05, 0) is 49.2 Å². The van der Waals surface area contributed by atoms with Crippen LogP contribution in [0.5, 0.6) is 5.75 Å². The minimum atomic E-state index is 0.0262. The second-order valence-corrected chi connectivity index (χ2v) is 6.97. The lowest BCUT2D eigenvalue weighted by Crippen LogP contribution is -2.41. The molecule has 1 aliphatic rings. The number of piperidine rings is 1. The Balaban J connectivity index is 1.20. The van der Waals surface area contributed by atoms with Crippen LogP contribution in [0.4, 0.5) is 5.82 Å². The zero-order valence-corrected chi connectivity index (χ0v) is 16.2. The monoisotopic (exact) mass is 392 g/mol. The van der Waals surface area contributed by atoms with Crippen molar-refractivity contribution in [2.45, 2.75) is 12.8 Å². The summed E-state index contributed by atoms with van der Waals surface area (Å²) in [5.41, 5.74) is 0.714. The van der Waals surface area contributed by atoms with Gasteiger partial charge in [0.05, 0.1) is 12.8 Å². The van der Waals surface area contributed by atoms with Crippen molar-refractivity contribution in [2.75, 3.05) is 31.1 Å². The number of hydrogen-bond acceptors (Lipinski definition) is 6. The Bertz CT molecular complexity index is 890. The number of nitrogens with zero attached hydrogens (tertiary/aromatic N) is 3. The molecule has 150 valence electrons. The highest BCUT2D eigenvalue weighted by atomic mass is 16.5. The molecule has 29 heavy (non-hydrogen) atoms. The molecule has 4 rings (SSSR count). The van der Waals surface area contributed by atoms with Gasteiger partial charge in [-0.2, -0.15) is 0 Å². The number of para-hydroxylation sites is 1. The molecule has 3 aromatic rings. The SMILES string of the molecule is O=C(NCCOc1ccccc1)C1CCN(c2ccc(-c3ccco3)nn2)CC1. The fraction of sp³-hybridized carbons (Fsp3) is 0.318. The summed E-state index contributed by atoms with van der Waals surface area (Å²) in [6, 6.07) is 17.2. The molecule has 1 fully saturated rings. The first-order valence-corrected chi connectivity index (χ1v) is 9.88. The van der Waals surface area contributed by atoms with Gasteiger partial charge in [0, 0.05) is 19.0 Å². The Morgan fingerprint density at radius 1 is 1.07 bits per heavy atom. The van der Waals surface area contributed by atoms with Gasteiger partial charge in [-0.3, -0.25) is 4.79 Å². The Morgan fingerprint density at radius 2 is 1.90 bits per heavy atom. The lowest BCUT2D eigenvalue weighted by molar-refractivity contribution is -0.125. The normalized spacial score (nSPS) is 14.6. The first kappa shape index (κ1) is 19.0. The largest absolute Gasteiger partial charge is 0.492 e. The molecule has 7 heteroatoms. The zero-order chi connectivity index (χ0) is 19.9. The van der Waals surface area contributed by atoms with Gasteiger partial charge in [-0.15, -0.1) is 10.2 Å². The smallest absolute Gasteiger partial charge is 0.223 e. The molecule has 0 unspecified atom stereocenters. The molecule has 0 atom stereocenters. The predicted molar refractivity (Wildman–Crippen MR) is 110 cm³/mol. The highest BCUT2D eigenvalue weighted by Crippen LogP contribution is 2.23. The summed E-state index contributed by atoms with van der Waals surface area (Å²) in [7, 11) is 0. The number of amides is 1. The number of rotatable bonds is 7. The first-order chi connectivity index (χ1) is 14.3. The van der Waals surface area contributed by atoms with E-state index in [9.17, 15) is 4.79 Å². The van der Waals surface area contributed by atoms with Crippen molar-refractivity contribution in [3.8, 4) is 17.2 Å². The second-order valence-electron chi connectivity index (χ2n) is 6.97. The maximum Gasteiger partial charge on any atom is 0.223 e. The number of nitrogens with one attached hydrogen (secondary N) is 1. The number of benzene rings is 1. The molecule has 1 N–H and O–H groups in total. The molecule has 1 amide bonds. The first-order valence-electron chi connectivity index (χ1n) is 9.88. The molecule has 7 nitrogen and oxygen atoms in total. The summed E-state index contributed by atoms with van der Waals surface area (Å²) in [6.45, 7) is 2.54. The van der Waals surface area contributed by atoms with E-state index in [0.29, 0.717) is 24.6 Å². The van der Waals surface area contributed by atoms with Crippen molar-refractivity contribution in [1.29, 1.82) is 0 Å². The molecule has 0 bridgehead atoms. The van der Waals surface area contributed by atoms with Gasteiger partial charge in [-0.1, -0.05) is 18.2 Å². The molecule has 1 saturated heterocycles. The summed E-state index contributed by atoms with van der Waals surface area (Å²) in [5.74, 6) is 2.47. The van der Waals surface area contributed by atoms with Gasteiger partial charge in [0.1, 0.15) is 18.1 Å². The van der Waals surface area contributed by atoms with E-state index in [0.717, 1.165) is 37.5 Å². The van der Waals surface area contributed by atoms with Crippen LogP contribution in [0.2, 0.25) is 0 Å². The molecule has 2 aromatic heterocycles. The van der Waals surface area contributed by atoms with E-state index in [1.165, 1.54) is 0 Å². The molecule has 0 saturated carbocycles. The average molecular weight is 392 g/mol. The number of anilines is 1. The third-order valence-electron chi connectivity index (χ3n) is 5.03. The van der Waals surface area contributed by atoms with Crippen LogP contribution < -0.4 is 15.0 Å². The number of ether oxygens (including phenoxy) is 1. The van der Waals surface area contributed by atoms with E-state index in [1.807, 2.05) is 54.6 Å². The Kier molecular flexibility index (Phi) is 6.04. The van der Waals surface area contributed by atoms with Crippen molar-refractivity contribution < 1.29 is 13.9 Å². The van der Waals surface area contributed by atoms with Crippen molar-refractivity contribution in [1.82, 2.24) is 15.5 Å². The van der Waals surface area contributed by atoms with Crippen molar-refractivity contribution >= 4 is 11.7 Å². The molecule has 0 spiro atoms. The molecule has 0 aliphatic carbocycles. The molecular formula is C22H24N4O3. The van der Waals surface area contributed by atoms with E-state index >= 15 is 0 Å². The van der Waals surface area contributed by atoms with Crippen molar-refractivity contribution in [3.05, 3.63) is 60.9 Å². The molecule has 1 aromatic carbocycles. The van der Waals surface area contributed by atoms with E-state index in [1.54, 1.807) is 6.26 Å². The van der Waals surface area contributed by atoms with Gasteiger partial charge >= 0.3 is 0 Å². The fourth-order valence-electron chi connectivity index (χ4n) is 3.42. The number of carbonyl (C=O) groups is 1. The molecule has 3 heterocycles. The molecule has 0 radical (unpaired) electrons. The third-order valence-corrected chi connectivity index (χ3v) is 5.03. The quantitative estimate of drug-likeness (QED) is 0.622. The predicted octanol–water partition coefficient (Wildman–Crippen LogP) is 3.15. The van der Waals surface area contributed by atoms with Crippen LogP contribution in [-0.4, -0.2) is 42.3 Å². The summed E-state index contributed by atoms with van der Waals surface area (Å²) in [4.78, 5) is 14.6. The second kappa shape index (κ2) is 9.23. The molecular weight excluding hydrogens is 368 g/mol. The van der Waals surface area contributed by atoms with Crippen molar-refractivity contribution in [3.63, 3.8) is 0 Å². The van der Waals surface area contributed by atoms with Crippen LogP contribution in [0, 0.1) is 5.92 Å². The fourth-order valence-corrected chi connectivity index (χ4v) is 3.42. The summed E-state index contributed by atoms with van der Waals surface area (Å²) in [5, 5.41) is 11.5. The lowest BCUT2D eigenvalue weighted by atomic mass is 9.96. The van der Waals surface area contributed by atoms with Gasteiger partial charge in [0.2, 0.25) is 5.91 Å². The van der Waals surface area contributed by atoms with E-state index in [4.69, 9.17) is 9.15 Å². The Labute approximate surface area is 169 Å². The summed E-state index contributed by atoms with van der Waals surface area (Å²) < 4.78 is 11.0. The minimum absolute atomic E-state index is 0.0262. The van der Waals surface area contributed by atoms with Crippen LogP contribution in [0.25, 0.3) is 11.5 Å².